The van der Waals surface area contributed by atoms with Crippen LogP contribution in [0.4, 0.5) is 10.1 Å². The summed E-state index contributed by atoms with van der Waals surface area (Å²) in [6.07, 6.45) is 8.92. The van der Waals surface area contributed by atoms with E-state index in [2.05, 4.69) is 46.2 Å². The molecule has 38 heavy (non-hydrogen) atoms. The number of allylic oxidation sites excluding steroid dienone is 2. The van der Waals surface area contributed by atoms with E-state index in [1.807, 2.05) is 12.1 Å². The van der Waals surface area contributed by atoms with Crippen molar-refractivity contribution < 1.29 is 14.0 Å². The third kappa shape index (κ3) is 3.75. The number of nitrogens with zero attached hydrogens (tertiary/aromatic N) is 3. The van der Waals surface area contributed by atoms with Crippen LogP contribution in [0, 0.1) is 23.1 Å². The molecule has 0 aromatic heterocycles. The molecule has 2 aliphatic heterocycles. The van der Waals surface area contributed by atoms with Gasteiger partial charge in [0.25, 0.3) is 0 Å². The second-order valence-corrected chi connectivity index (χ2v) is 12.0. The zero-order chi connectivity index (χ0) is 25.9. The second-order valence-electron chi connectivity index (χ2n) is 12.0. The quantitative estimate of drug-likeness (QED) is 0.419. The first-order valence-electron chi connectivity index (χ1n) is 14.4. The molecule has 3 fully saturated rings. The largest absolute Gasteiger partial charge is 0.369 e. The Morgan fingerprint density at radius 2 is 1.68 bits per heavy atom. The van der Waals surface area contributed by atoms with Gasteiger partial charge in [0.05, 0.1) is 5.41 Å². The highest BCUT2D eigenvalue weighted by Crippen LogP contribution is 2.68. The van der Waals surface area contributed by atoms with Crippen molar-refractivity contribution in [2.24, 2.45) is 17.3 Å². The number of benzene rings is 2. The topological polar surface area (TPSA) is 43.9 Å². The van der Waals surface area contributed by atoms with Crippen LogP contribution in [0.5, 0.6) is 0 Å². The molecule has 198 valence electrons. The minimum absolute atomic E-state index is 0.0315. The smallest absolute Gasteiger partial charge is 0.236 e. The number of halogens is 1. The molecule has 1 saturated carbocycles. The third-order valence-electron chi connectivity index (χ3n) is 10.2. The molecule has 5 unspecified atom stereocenters. The molecule has 2 aromatic carbocycles. The summed E-state index contributed by atoms with van der Waals surface area (Å²) in [6.45, 7) is 5.06. The van der Waals surface area contributed by atoms with Crippen molar-refractivity contribution in [3.63, 3.8) is 0 Å². The highest BCUT2D eigenvalue weighted by Gasteiger charge is 2.65. The second kappa shape index (κ2) is 9.33. The van der Waals surface area contributed by atoms with Crippen molar-refractivity contribution >= 4 is 17.5 Å². The van der Waals surface area contributed by atoms with Crippen molar-refractivity contribution in [1.82, 2.24) is 9.80 Å². The van der Waals surface area contributed by atoms with E-state index in [-0.39, 0.29) is 23.5 Å². The fourth-order valence-corrected chi connectivity index (χ4v) is 8.53. The summed E-state index contributed by atoms with van der Waals surface area (Å²) in [6, 6.07) is 15.4. The monoisotopic (exact) mass is 513 g/mol. The predicted octanol–water partition coefficient (Wildman–Crippen LogP) is 4.95. The van der Waals surface area contributed by atoms with Gasteiger partial charge in [-0.15, -0.1) is 0 Å². The first-order valence-corrected chi connectivity index (χ1v) is 14.4. The average molecular weight is 514 g/mol. The fourth-order valence-electron chi connectivity index (χ4n) is 8.53. The highest BCUT2D eigenvalue weighted by atomic mass is 19.1. The van der Waals surface area contributed by atoms with Crippen molar-refractivity contribution in [3.8, 4) is 0 Å². The molecular formula is C32H36FN3O2. The molecular weight excluding hydrogens is 477 g/mol. The summed E-state index contributed by atoms with van der Waals surface area (Å²) in [5.74, 6) is 1.38. The zero-order valence-electron chi connectivity index (χ0n) is 21.9. The molecule has 0 radical (unpaired) electrons. The Labute approximate surface area is 224 Å². The van der Waals surface area contributed by atoms with Crippen molar-refractivity contribution in [2.45, 2.75) is 43.9 Å². The van der Waals surface area contributed by atoms with Crippen molar-refractivity contribution in [2.75, 3.05) is 44.2 Å². The number of amides is 2. The van der Waals surface area contributed by atoms with Gasteiger partial charge in [-0.05, 0) is 85.4 Å². The van der Waals surface area contributed by atoms with Gasteiger partial charge in [-0.25, -0.2) is 4.39 Å². The van der Waals surface area contributed by atoms with E-state index in [0.717, 1.165) is 64.1 Å². The summed E-state index contributed by atoms with van der Waals surface area (Å²) in [5.41, 5.74) is 3.25. The standard InChI is InChI=1S/C32H36FN3O2/c33-22-10-12-23(13-11-22)35-18-16-34(17-19-35)14-5-15-36-29(37)21-32(31(36)38)20-28-24-6-1-3-8-26(24)30(32)27-9-4-2-7-25(27)28/h1-3,6-8,10-13,25,27-28,30H,4-5,9,14-21H2. The van der Waals surface area contributed by atoms with Gasteiger partial charge in [0.15, 0.2) is 0 Å². The number of likely N-dealkylation sites (tertiary alicyclic amines) is 1. The van der Waals surface area contributed by atoms with Gasteiger partial charge in [0.2, 0.25) is 11.8 Å². The Bertz CT molecular complexity index is 1270. The van der Waals surface area contributed by atoms with Gasteiger partial charge in [-0.3, -0.25) is 19.4 Å². The zero-order valence-corrected chi connectivity index (χ0v) is 21.9. The van der Waals surface area contributed by atoms with E-state index >= 15 is 0 Å². The molecule has 4 aliphatic carbocycles. The molecule has 6 heteroatoms. The van der Waals surface area contributed by atoms with Crippen LogP contribution < -0.4 is 4.90 Å². The first-order chi connectivity index (χ1) is 18.5. The molecule has 6 aliphatic rings. The number of hydrogen-bond donors (Lipinski definition) is 0. The molecule has 5 nitrogen and oxygen atoms in total. The van der Waals surface area contributed by atoms with Crippen LogP contribution in [-0.4, -0.2) is 60.9 Å². The molecule has 5 atom stereocenters. The molecule has 2 aromatic rings. The number of rotatable bonds is 5. The van der Waals surface area contributed by atoms with E-state index < -0.39 is 5.41 Å². The summed E-state index contributed by atoms with van der Waals surface area (Å²) >= 11 is 0. The van der Waals surface area contributed by atoms with E-state index in [0.29, 0.717) is 30.7 Å². The lowest BCUT2D eigenvalue weighted by Crippen LogP contribution is -2.53. The number of carbonyl (C=O) groups is 2. The predicted molar refractivity (Wildman–Crippen MR) is 145 cm³/mol. The molecule has 1 spiro atoms. The Kier molecular flexibility index (Phi) is 5.91. The first kappa shape index (κ1) is 24.1. The van der Waals surface area contributed by atoms with E-state index in [1.54, 1.807) is 4.90 Å². The maximum Gasteiger partial charge on any atom is 0.236 e. The lowest BCUT2D eigenvalue weighted by atomic mass is 9.45. The fraction of sp³-hybridized carbons (Fsp3) is 0.500. The molecule has 2 bridgehead atoms. The number of carbonyl (C=O) groups excluding carboxylic acids is 2. The van der Waals surface area contributed by atoms with Crippen LogP contribution in [0.1, 0.15) is 55.1 Å². The van der Waals surface area contributed by atoms with Crippen LogP contribution in [0.15, 0.2) is 60.7 Å². The van der Waals surface area contributed by atoms with E-state index in [1.165, 1.54) is 23.3 Å². The van der Waals surface area contributed by atoms with Crippen LogP contribution >= 0.6 is 0 Å². The summed E-state index contributed by atoms with van der Waals surface area (Å²) in [4.78, 5) is 33.8. The number of anilines is 1. The van der Waals surface area contributed by atoms with Crippen LogP contribution in [0.3, 0.4) is 0 Å². The molecule has 2 heterocycles. The average Bonchev–Trinajstić information content (AvgIpc) is 3.18. The highest BCUT2D eigenvalue weighted by molar-refractivity contribution is 6.07. The number of imide groups is 1. The van der Waals surface area contributed by atoms with Crippen molar-refractivity contribution in [3.05, 3.63) is 77.6 Å². The van der Waals surface area contributed by atoms with Gasteiger partial charge >= 0.3 is 0 Å². The Balaban J connectivity index is 1.01. The van der Waals surface area contributed by atoms with Crippen LogP contribution in [0.2, 0.25) is 0 Å². The summed E-state index contributed by atoms with van der Waals surface area (Å²) < 4.78 is 13.3. The van der Waals surface area contributed by atoms with Gasteiger partial charge in [-0.2, -0.15) is 0 Å². The van der Waals surface area contributed by atoms with Gasteiger partial charge in [0.1, 0.15) is 5.82 Å². The number of piperazine rings is 1. The molecule has 2 amide bonds. The maximum absolute atomic E-state index is 14.1. The normalized spacial score (nSPS) is 32.2. The van der Waals surface area contributed by atoms with E-state index in [9.17, 15) is 14.0 Å². The minimum Gasteiger partial charge on any atom is -0.369 e. The van der Waals surface area contributed by atoms with Crippen LogP contribution in [-0.2, 0) is 9.59 Å². The van der Waals surface area contributed by atoms with Crippen LogP contribution in [0.25, 0.3) is 0 Å². The third-order valence-corrected chi connectivity index (χ3v) is 10.2. The Hall–Kier alpha value is -2.99. The molecule has 8 rings (SSSR count). The van der Waals surface area contributed by atoms with E-state index in [4.69, 9.17) is 0 Å². The van der Waals surface area contributed by atoms with Gasteiger partial charge in [-0.1, -0.05) is 36.4 Å². The Morgan fingerprint density at radius 1 is 0.921 bits per heavy atom. The lowest BCUT2D eigenvalue weighted by molar-refractivity contribution is -0.145. The maximum atomic E-state index is 14.1. The summed E-state index contributed by atoms with van der Waals surface area (Å²) in [5, 5.41) is 0. The molecule has 2 saturated heterocycles. The summed E-state index contributed by atoms with van der Waals surface area (Å²) in [7, 11) is 0. The van der Waals surface area contributed by atoms with Gasteiger partial charge in [0, 0.05) is 50.7 Å². The molecule has 0 N–H and O–H groups in total. The SMILES string of the molecule is O=C1CC2(CC3c4ccccc4C2C2CCC=CC32)C(=O)N1CCCN1CCN(c2ccc(F)cc2)CC1. The number of hydrogen-bond acceptors (Lipinski definition) is 4. The Morgan fingerprint density at radius 3 is 2.47 bits per heavy atom. The minimum atomic E-state index is -0.552. The van der Waals surface area contributed by atoms with Gasteiger partial charge < -0.3 is 4.90 Å². The van der Waals surface area contributed by atoms with Crippen molar-refractivity contribution in [1.29, 1.82) is 0 Å². The lowest BCUT2D eigenvalue weighted by Gasteiger charge is -2.57.